The second-order valence-electron chi connectivity index (χ2n) is 1.87. The Morgan fingerprint density at radius 3 is 3.22 bits per heavy atom. The molecule has 3 heteroatoms. The summed E-state index contributed by atoms with van der Waals surface area (Å²) < 4.78 is 0. The number of hydrazine groups is 1. The molecule has 0 spiro atoms. The van der Waals surface area contributed by atoms with E-state index < -0.39 is 0 Å². The van der Waals surface area contributed by atoms with E-state index in [1.165, 1.54) is 0 Å². The molecule has 0 atom stereocenters. The zero-order valence-electron chi connectivity index (χ0n) is 4.83. The van der Waals surface area contributed by atoms with Gasteiger partial charge < -0.3 is 10.7 Å². The van der Waals surface area contributed by atoms with Gasteiger partial charge in [0.2, 0.25) is 0 Å². The summed E-state index contributed by atoms with van der Waals surface area (Å²) in [6, 6.07) is 0. The smallest absolute Gasteiger partial charge is 0.129 e. The van der Waals surface area contributed by atoms with Gasteiger partial charge in [0, 0.05) is 18.6 Å². The van der Waals surface area contributed by atoms with Crippen LogP contribution in [-0.4, -0.2) is 5.01 Å². The fourth-order valence-electron chi connectivity index (χ4n) is 0.851. The predicted octanol–water partition coefficient (Wildman–Crippen LogP) is 0.236. The molecule has 0 bridgehead atoms. The maximum atomic E-state index is 3.05. The van der Waals surface area contributed by atoms with Crippen molar-refractivity contribution >= 4 is 0 Å². The van der Waals surface area contributed by atoms with Gasteiger partial charge in [-0.05, 0) is 12.2 Å². The van der Waals surface area contributed by atoms with Gasteiger partial charge in [-0.15, -0.1) is 0 Å². The standard InChI is InChI=1S/C6H7N3/c1-2-6-7-4-5-9(6)8-3-1/h1-5,7-8H. The van der Waals surface area contributed by atoms with Crippen molar-refractivity contribution in [3.63, 3.8) is 0 Å². The van der Waals surface area contributed by atoms with Crippen LogP contribution in [0.3, 0.4) is 0 Å². The van der Waals surface area contributed by atoms with Crippen molar-refractivity contribution < 1.29 is 0 Å². The summed E-state index contributed by atoms with van der Waals surface area (Å²) in [6.45, 7) is 0. The summed E-state index contributed by atoms with van der Waals surface area (Å²) in [5, 5.41) is 4.95. The average Bonchev–Trinajstić information content (AvgIpc) is 2.33. The third kappa shape index (κ3) is 0.579. The minimum Gasteiger partial charge on any atom is -0.345 e. The highest BCUT2D eigenvalue weighted by molar-refractivity contribution is 5.20. The summed E-state index contributed by atoms with van der Waals surface area (Å²) in [7, 11) is 0. The Kier molecular flexibility index (Phi) is 0.773. The zero-order chi connectivity index (χ0) is 6.10. The van der Waals surface area contributed by atoms with Gasteiger partial charge in [-0.3, -0.25) is 0 Å². The van der Waals surface area contributed by atoms with Gasteiger partial charge in [-0.25, -0.2) is 5.01 Å². The van der Waals surface area contributed by atoms with Crippen molar-refractivity contribution in [3.05, 3.63) is 36.6 Å². The molecular weight excluding hydrogens is 114 g/mol. The molecule has 0 radical (unpaired) electrons. The van der Waals surface area contributed by atoms with Gasteiger partial charge in [0.1, 0.15) is 5.82 Å². The molecule has 0 saturated carbocycles. The fourth-order valence-corrected chi connectivity index (χ4v) is 0.851. The second-order valence-corrected chi connectivity index (χ2v) is 1.87. The molecular formula is C6H7N3. The predicted molar refractivity (Wildman–Crippen MR) is 34.5 cm³/mol. The lowest BCUT2D eigenvalue weighted by Gasteiger charge is -2.19. The van der Waals surface area contributed by atoms with E-state index in [2.05, 4.69) is 10.7 Å². The number of fused-ring (bicyclic) bond motifs is 1. The Labute approximate surface area is 53.3 Å². The number of allylic oxidation sites excluding steroid dienone is 2. The topological polar surface area (TPSA) is 27.3 Å². The molecule has 0 aliphatic carbocycles. The summed E-state index contributed by atoms with van der Waals surface area (Å²) in [5.41, 5.74) is 3.02. The van der Waals surface area contributed by atoms with Crippen molar-refractivity contribution in [1.29, 1.82) is 0 Å². The first-order valence-electron chi connectivity index (χ1n) is 2.82. The molecule has 0 unspecified atom stereocenters. The molecule has 0 aromatic rings. The Morgan fingerprint density at radius 2 is 2.33 bits per heavy atom. The van der Waals surface area contributed by atoms with Crippen LogP contribution in [0.2, 0.25) is 0 Å². The summed E-state index contributed by atoms with van der Waals surface area (Å²) in [6.07, 6.45) is 9.63. The maximum Gasteiger partial charge on any atom is 0.129 e. The van der Waals surface area contributed by atoms with Crippen LogP contribution in [0.5, 0.6) is 0 Å². The Morgan fingerprint density at radius 1 is 1.33 bits per heavy atom. The first-order chi connectivity index (χ1) is 4.47. The number of rotatable bonds is 0. The molecule has 2 rings (SSSR count). The first kappa shape index (κ1) is 4.49. The number of hydrogen-bond donors (Lipinski definition) is 2. The summed E-state index contributed by atoms with van der Waals surface area (Å²) >= 11 is 0. The normalized spacial score (nSPS) is 20.4. The molecule has 0 saturated heterocycles. The van der Waals surface area contributed by atoms with Gasteiger partial charge in [-0.1, -0.05) is 0 Å². The van der Waals surface area contributed by atoms with Gasteiger partial charge in [0.05, 0.1) is 0 Å². The van der Waals surface area contributed by atoms with Gasteiger partial charge in [0.25, 0.3) is 0 Å². The highest BCUT2D eigenvalue weighted by atomic mass is 15.5. The molecule has 2 aliphatic heterocycles. The SMILES string of the molecule is C1=CNN2C=CNC2=C1. The van der Waals surface area contributed by atoms with E-state index in [1.807, 2.05) is 35.8 Å². The van der Waals surface area contributed by atoms with E-state index in [0.717, 1.165) is 5.82 Å². The Balaban J connectivity index is 2.29. The number of nitrogens with one attached hydrogen (secondary N) is 2. The average molecular weight is 121 g/mol. The third-order valence-electron chi connectivity index (χ3n) is 1.28. The largest absolute Gasteiger partial charge is 0.345 e. The highest BCUT2D eigenvalue weighted by Crippen LogP contribution is 2.07. The van der Waals surface area contributed by atoms with E-state index in [0.29, 0.717) is 0 Å². The van der Waals surface area contributed by atoms with Gasteiger partial charge >= 0.3 is 0 Å². The quantitative estimate of drug-likeness (QED) is 0.480. The van der Waals surface area contributed by atoms with Crippen molar-refractivity contribution in [2.45, 2.75) is 0 Å². The lowest BCUT2D eigenvalue weighted by Crippen LogP contribution is -2.30. The van der Waals surface area contributed by atoms with Crippen LogP contribution in [0.4, 0.5) is 0 Å². The zero-order valence-corrected chi connectivity index (χ0v) is 4.83. The van der Waals surface area contributed by atoms with E-state index in [-0.39, 0.29) is 0 Å². The van der Waals surface area contributed by atoms with Crippen LogP contribution in [-0.2, 0) is 0 Å². The van der Waals surface area contributed by atoms with E-state index >= 15 is 0 Å². The lowest BCUT2D eigenvalue weighted by molar-refractivity contribution is 0.393. The lowest BCUT2D eigenvalue weighted by atomic mass is 10.5. The van der Waals surface area contributed by atoms with Gasteiger partial charge in [0.15, 0.2) is 0 Å². The molecule has 2 N–H and O–H groups in total. The second kappa shape index (κ2) is 1.55. The molecule has 3 nitrogen and oxygen atoms in total. The molecule has 2 aliphatic rings. The van der Waals surface area contributed by atoms with E-state index in [1.54, 1.807) is 0 Å². The monoisotopic (exact) mass is 121 g/mol. The van der Waals surface area contributed by atoms with Crippen molar-refractivity contribution in [2.75, 3.05) is 0 Å². The van der Waals surface area contributed by atoms with E-state index in [9.17, 15) is 0 Å². The summed E-state index contributed by atoms with van der Waals surface area (Å²) in [4.78, 5) is 0. The molecule has 0 aromatic heterocycles. The maximum absolute atomic E-state index is 3.05. The number of nitrogens with zero attached hydrogens (tertiary/aromatic N) is 1. The molecule has 2 heterocycles. The molecule has 9 heavy (non-hydrogen) atoms. The molecule has 46 valence electrons. The highest BCUT2D eigenvalue weighted by Gasteiger charge is 2.09. The minimum absolute atomic E-state index is 1.07. The van der Waals surface area contributed by atoms with Crippen molar-refractivity contribution in [1.82, 2.24) is 15.8 Å². The van der Waals surface area contributed by atoms with Crippen LogP contribution < -0.4 is 10.7 Å². The minimum atomic E-state index is 1.07. The Bertz CT molecular complexity index is 202. The fraction of sp³-hybridized carbons (Fsp3) is 0. The van der Waals surface area contributed by atoms with Crippen LogP contribution in [0.1, 0.15) is 0 Å². The summed E-state index contributed by atoms with van der Waals surface area (Å²) in [5.74, 6) is 1.07. The third-order valence-corrected chi connectivity index (χ3v) is 1.28. The number of hydrogen-bond acceptors (Lipinski definition) is 3. The molecule has 0 fully saturated rings. The van der Waals surface area contributed by atoms with Crippen LogP contribution in [0, 0.1) is 0 Å². The first-order valence-corrected chi connectivity index (χ1v) is 2.82. The van der Waals surface area contributed by atoms with Crippen molar-refractivity contribution in [3.8, 4) is 0 Å². The van der Waals surface area contributed by atoms with E-state index in [4.69, 9.17) is 0 Å². The van der Waals surface area contributed by atoms with Gasteiger partial charge in [-0.2, -0.15) is 0 Å². The molecule has 0 amide bonds. The Hall–Kier alpha value is -1.38. The van der Waals surface area contributed by atoms with Crippen LogP contribution in [0.25, 0.3) is 0 Å². The molecule has 0 aromatic carbocycles. The van der Waals surface area contributed by atoms with Crippen LogP contribution >= 0.6 is 0 Å². The van der Waals surface area contributed by atoms with Crippen molar-refractivity contribution in [2.24, 2.45) is 0 Å². The van der Waals surface area contributed by atoms with Crippen LogP contribution in [0.15, 0.2) is 36.6 Å².